The van der Waals surface area contributed by atoms with Crippen molar-refractivity contribution >= 4 is 0 Å². The van der Waals surface area contributed by atoms with E-state index in [2.05, 4.69) is 20.8 Å². The van der Waals surface area contributed by atoms with Crippen LogP contribution in [-0.4, -0.2) is 0 Å². The molecule has 0 aromatic heterocycles. The fourth-order valence-corrected chi connectivity index (χ4v) is 5.31. The Bertz CT molecular complexity index is 307. The Morgan fingerprint density at radius 1 is 0.250 bits per heavy atom. The Balaban J connectivity index is 3.67. The first kappa shape index (κ1) is 32.0. The third-order valence-electron chi connectivity index (χ3n) is 7.65. The maximum Gasteiger partial charge on any atom is -0.0414 e. The maximum absolute atomic E-state index is 2.34. The highest BCUT2D eigenvalue weighted by molar-refractivity contribution is 4.62. The molecule has 0 radical (unpaired) electrons. The van der Waals surface area contributed by atoms with E-state index in [0.29, 0.717) is 0 Å². The van der Waals surface area contributed by atoms with Gasteiger partial charge in [-0.15, -0.1) is 0 Å². The molecule has 0 aromatic rings. The van der Waals surface area contributed by atoms with E-state index in [1.807, 2.05) is 0 Å². The zero-order chi connectivity index (χ0) is 23.4. The molecule has 0 aliphatic carbocycles. The molecule has 0 heterocycles. The lowest BCUT2D eigenvalue weighted by Crippen LogP contribution is -2.01. The third-order valence-corrected chi connectivity index (χ3v) is 7.65. The molecule has 0 bridgehead atoms. The predicted octanol–water partition coefficient (Wildman–Crippen LogP) is 12.6. The van der Waals surface area contributed by atoms with Gasteiger partial charge in [0.1, 0.15) is 0 Å². The number of hydrogen-bond donors (Lipinski definition) is 0. The quantitative estimate of drug-likeness (QED) is 0.104. The molecule has 0 heteroatoms. The van der Waals surface area contributed by atoms with Crippen LogP contribution in [0.15, 0.2) is 0 Å². The minimum absolute atomic E-state index is 1.04. The van der Waals surface area contributed by atoms with Crippen molar-refractivity contribution in [1.29, 1.82) is 0 Å². The normalized spacial score (nSPS) is 12.5. The van der Waals surface area contributed by atoms with Gasteiger partial charge in [0.15, 0.2) is 0 Å². The summed E-state index contributed by atoms with van der Waals surface area (Å²) in [6, 6.07) is 0. The van der Waals surface area contributed by atoms with E-state index >= 15 is 0 Å². The largest absolute Gasteiger partial charge is 0.0654 e. The molecule has 0 aromatic carbocycles. The Hall–Kier alpha value is 0. The molecule has 0 nitrogen and oxygen atoms in total. The van der Waals surface area contributed by atoms with Crippen LogP contribution in [0.1, 0.15) is 201 Å². The second-order valence-electron chi connectivity index (χ2n) is 11.0. The lowest BCUT2D eigenvalue weighted by Gasteiger charge is -2.17. The Kier molecular flexibility index (Phi) is 29.0. The van der Waals surface area contributed by atoms with Crippen LogP contribution in [0.2, 0.25) is 0 Å². The van der Waals surface area contributed by atoms with Crippen LogP contribution in [0, 0.1) is 5.92 Å². The maximum atomic E-state index is 2.34. The van der Waals surface area contributed by atoms with Gasteiger partial charge >= 0.3 is 0 Å². The summed E-state index contributed by atoms with van der Waals surface area (Å²) in [7, 11) is 0. The summed E-state index contributed by atoms with van der Waals surface area (Å²) in [5, 5.41) is 0. The van der Waals surface area contributed by atoms with Crippen LogP contribution < -0.4 is 0 Å². The molecule has 0 N–H and O–H groups in total. The fourth-order valence-electron chi connectivity index (χ4n) is 5.31. The van der Waals surface area contributed by atoms with Gasteiger partial charge in [-0.05, 0) is 5.92 Å². The van der Waals surface area contributed by atoms with E-state index in [4.69, 9.17) is 0 Å². The average molecular weight is 451 g/mol. The second-order valence-corrected chi connectivity index (χ2v) is 11.0. The van der Waals surface area contributed by atoms with Gasteiger partial charge in [-0.3, -0.25) is 0 Å². The topological polar surface area (TPSA) is 0 Å². The van der Waals surface area contributed by atoms with Crippen molar-refractivity contribution in [3.8, 4) is 0 Å². The summed E-state index contributed by atoms with van der Waals surface area (Å²) in [5.74, 6) is 1.04. The van der Waals surface area contributed by atoms with E-state index in [1.165, 1.54) is 180 Å². The Morgan fingerprint density at radius 2 is 0.438 bits per heavy atom. The van der Waals surface area contributed by atoms with Crippen LogP contribution in [-0.2, 0) is 0 Å². The summed E-state index contributed by atoms with van der Waals surface area (Å²) >= 11 is 0. The molecule has 0 amide bonds. The minimum Gasteiger partial charge on any atom is -0.0654 e. The summed E-state index contributed by atoms with van der Waals surface area (Å²) in [6.45, 7) is 6.97. The zero-order valence-corrected chi connectivity index (χ0v) is 23.4. The SMILES string of the molecule is CCCCCCCCCCCCCC(CCCCCC)CCCCCCCCCCCC. The van der Waals surface area contributed by atoms with Crippen molar-refractivity contribution in [2.75, 3.05) is 0 Å². The second kappa shape index (κ2) is 29.0. The lowest BCUT2D eigenvalue weighted by atomic mass is 9.89. The van der Waals surface area contributed by atoms with E-state index in [9.17, 15) is 0 Å². The summed E-state index contributed by atoms with van der Waals surface area (Å²) in [5.41, 5.74) is 0. The minimum atomic E-state index is 1.04. The van der Waals surface area contributed by atoms with E-state index < -0.39 is 0 Å². The molecule has 1 atom stereocenters. The number of hydrogen-bond acceptors (Lipinski definition) is 0. The molecule has 0 rings (SSSR count). The fraction of sp³-hybridized carbons (Fsp3) is 1.00. The summed E-state index contributed by atoms with van der Waals surface area (Å²) in [4.78, 5) is 0. The highest BCUT2D eigenvalue weighted by Gasteiger charge is 2.08. The van der Waals surface area contributed by atoms with Crippen LogP contribution in [0.5, 0.6) is 0 Å². The summed E-state index contributed by atoms with van der Waals surface area (Å²) in [6.07, 6.45) is 41.3. The van der Waals surface area contributed by atoms with Gasteiger partial charge in [0, 0.05) is 0 Å². The standard InChI is InChI=1S/C32H66/c1-4-7-10-13-15-17-19-21-23-25-28-31-32(29-26-12-9-6-3)30-27-24-22-20-18-16-14-11-8-5-2/h32H,4-31H2,1-3H3. The molecular formula is C32H66. The van der Waals surface area contributed by atoms with Crippen molar-refractivity contribution in [1.82, 2.24) is 0 Å². The molecule has 1 unspecified atom stereocenters. The monoisotopic (exact) mass is 451 g/mol. The van der Waals surface area contributed by atoms with Gasteiger partial charge in [0.05, 0.1) is 0 Å². The van der Waals surface area contributed by atoms with Gasteiger partial charge in [0.2, 0.25) is 0 Å². The zero-order valence-electron chi connectivity index (χ0n) is 23.4. The van der Waals surface area contributed by atoms with Crippen LogP contribution >= 0.6 is 0 Å². The Morgan fingerprint density at radius 3 is 0.688 bits per heavy atom. The van der Waals surface area contributed by atoms with Crippen LogP contribution in [0.25, 0.3) is 0 Å². The highest BCUT2D eigenvalue weighted by Crippen LogP contribution is 2.24. The van der Waals surface area contributed by atoms with Crippen molar-refractivity contribution in [2.45, 2.75) is 201 Å². The number of rotatable bonds is 28. The van der Waals surface area contributed by atoms with Crippen molar-refractivity contribution in [3.63, 3.8) is 0 Å². The first-order valence-electron chi connectivity index (χ1n) is 15.8. The molecule has 194 valence electrons. The third kappa shape index (κ3) is 26.3. The molecule has 0 fully saturated rings. The lowest BCUT2D eigenvalue weighted by molar-refractivity contribution is 0.366. The van der Waals surface area contributed by atoms with Gasteiger partial charge in [-0.2, -0.15) is 0 Å². The molecule has 0 aliphatic rings. The number of unbranched alkanes of at least 4 members (excludes halogenated alkanes) is 22. The van der Waals surface area contributed by atoms with Crippen LogP contribution in [0.4, 0.5) is 0 Å². The first-order valence-corrected chi connectivity index (χ1v) is 15.8. The summed E-state index contributed by atoms with van der Waals surface area (Å²) < 4.78 is 0. The molecular weight excluding hydrogens is 384 g/mol. The average Bonchev–Trinajstić information content (AvgIpc) is 2.80. The van der Waals surface area contributed by atoms with Gasteiger partial charge in [-0.25, -0.2) is 0 Å². The van der Waals surface area contributed by atoms with E-state index in [0.717, 1.165) is 5.92 Å². The molecule has 0 aliphatic heterocycles. The molecule has 0 saturated carbocycles. The predicted molar refractivity (Wildman–Crippen MR) is 150 cm³/mol. The van der Waals surface area contributed by atoms with Gasteiger partial charge in [-0.1, -0.05) is 201 Å². The van der Waals surface area contributed by atoms with Gasteiger partial charge < -0.3 is 0 Å². The first-order chi connectivity index (χ1) is 15.8. The van der Waals surface area contributed by atoms with Crippen molar-refractivity contribution in [3.05, 3.63) is 0 Å². The Labute approximate surface area is 206 Å². The molecule has 0 spiro atoms. The molecule has 0 saturated heterocycles. The highest BCUT2D eigenvalue weighted by atomic mass is 14.1. The van der Waals surface area contributed by atoms with Crippen LogP contribution in [0.3, 0.4) is 0 Å². The van der Waals surface area contributed by atoms with Crippen molar-refractivity contribution in [2.24, 2.45) is 5.92 Å². The molecule has 32 heavy (non-hydrogen) atoms. The smallest absolute Gasteiger partial charge is 0.0414 e. The van der Waals surface area contributed by atoms with E-state index in [-0.39, 0.29) is 0 Å². The van der Waals surface area contributed by atoms with Gasteiger partial charge in [0.25, 0.3) is 0 Å². The van der Waals surface area contributed by atoms with Crippen molar-refractivity contribution < 1.29 is 0 Å². The van der Waals surface area contributed by atoms with E-state index in [1.54, 1.807) is 0 Å².